The van der Waals surface area contributed by atoms with Crippen molar-refractivity contribution >= 4 is 59.7 Å². The highest BCUT2D eigenvalue weighted by molar-refractivity contribution is 9.10. The van der Waals surface area contributed by atoms with E-state index in [9.17, 15) is 4.79 Å². The Balaban J connectivity index is 1.43. The fraction of sp³-hybridized carbons (Fsp3) is 0. The van der Waals surface area contributed by atoms with Gasteiger partial charge < -0.3 is 8.98 Å². The van der Waals surface area contributed by atoms with Gasteiger partial charge in [0.2, 0.25) is 5.43 Å². The summed E-state index contributed by atoms with van der Waals surface area (Å²) < 4.78 is 9.52. The smallest absolute Gasteiger partial charge is 0.200 e. The molecule has 0 unspecified atom stereocenters. The fourth-order valence-corrected chi connectivity index (χ4v) is 6.39. The van der Waals surface area contributed by atoms with Gasteiger partial charge in [0.05, 0.1) is 26.3 Å². The zero-order valence-electron chi connectivity index (χ0n) is 21.8. The monoisotopic (exact) mass is 591 g/mol. The Morgan fingerprint density at radius 1 is 0.512 bits per heavy atom. The first kappa shape index (κ1) is 23.9. The van der Waals surface area contributed by atoms with Crippen molar-refractivity contribution in [3.8, 4) is 27.9 Å². The third-order valence-electron chi connectivity index (χ3n) is 7.87. The Bertz CT molecular complexity index is 2330. The summed E-state index contributed by atoms with van der Waals surface area (Å²) in [5, 5.41) is 3.45. The van der Waals surface area contributed by atoms with E-state index >= 15 is 0 Å². The lowest BCUT2D eigenvalue weighted by atomic mass is 9.98. The standard InChI is InChI=1S/C37H22BrNO2/c38-32-16-8-15-29-35(40)28-14-7-13-27(36(28)41-37(29)32)25-18-20-34-31(22-25)30-21-24(23-9-3-1-4-10-23)17-19-33(30)39(34)26-11-5-2-6-12-26/h1-22H. The second-order valence-electron chi connectivity index (χ2n) is 10.2. The molecule has 0 bridgehead atoms. The number of halogens is 1. The zero-order valence-corrected chi connectivity index (χ0v) is 23.4. The van der Waals surface area contributed by atoms with Gasteiger partial charge in [0.25, 0.3) is 0 Å². The molecule has 0 N–H and O–H groups in total. The minimum atomic E-state index is -0.0290. The van der Waals surface area contributed by atoms with Crippen molar-refractivity contribution in [1.82, 2.24) is 4.57 Å². The molecule has 0 saturated heterocycles. The van der Waals surface area contributed by atoms with Crippen molar-refractivity contribution in [3.05, 3.63) is 148 Å². The third kappa shape index (κ3) is 3.75. The lowest BCUT2D eigenvalue weighted by Crippen LogP contribution is -2.02. The third-order valence-corrected chi connectivity index (χ3v) is 8.50. The molecule has 0 aliphatic heterocycles. The van der Waals surface area contributed by atoms with Gasteiger partial charge >= 0.3 is 0 Å². The molecule has 4 heteroatoms. The van der Waals surface area contributed by atoms with Crippen LogP contribution in [0, 0.1) is 0 Å². The van der Waals surface area contributed by atoms with Crippen LogP contribution in [0.2, 0.25) is 0 Å². The maximum Gasteiger partial charge on any atom is 0.200 e. The van der Waals surface area contributed by atoms with E-state index in [1.165, 1.54) is 16.5 Å². The van der Waals surface area contributed by atoms with Crippen LogP contribution in [-0.2, 0) is 0 Å². The maximum atomic E-state index is 13.5. The van der Waals surface area contributed by atoms with Gasteiger partial charge in [-0.15, -0.1) is 0 Å². The van der Waals surface area contributed by atoms with Crippen molar-refractivity contribution in [3.63, 3.8) is 0 Å². The van der Waals surface area contributed by atoms with E-state index < -0.39 is 0 Å². The molecule has 3 nitrogen and oxygen atoms in total. The molecule has 41 heavy (non-hydrogen) atoms. The molecule has 0 saturated carbocycles. The van der Waals surface area contributed by atoms with E-state index in [0.29, 0.717) is 21.9 Å². The second kappa shape index (κ2) is 9.33. The van der Waals surface area contributed by atoms with Gasteiger partial charge in [0.1, 0.15) is 5.58 Å². The van der Waals surface area contributed by atoms with E-state index in [-0.39, 0.29) is 5.43 Å². The van der Waals surface area contributed by atoms with E-state index in [0.717, 1.165) is 37.7 Å². The summed E-state index contributed by atoms with van der Waals surface area (Å²) in [4.78, 5) is 13.5. The number of rotatable bonds is 3. The Morgan fingerprint density at radius 3 is 1.85 bits per heavy atom. The second-order valence-corrected chi connectivity index (χ2v) is 11.1. The lowest BCUT2D eigenvalue weighted by molar-refractivity contribution is 0.659. The van der Waals surface area contributed by atoms with Crippen LogP contribution < -0.4 is 5.43 Å². The van der Waals surface area contributed by atoms with E-state index in [1.54, 1.807) is 0 Å². The molecule has 2 aromatic heterocycles. The molecule has 6 aromatic carbocycles. The fourth-order valence-electron chi connectivity index (χ4n) is 5.95. The normalized spacial score (nSPS) is 11.6. The van der Waals surface area contributed by atoms with Crippen LogP contribution >= 0.6 is 15.9 Å². The molecule has 0 spiro atoms. The minimum Gasteiger partial charge on any atom is -0.454 e. The number of fused-ring (bicyclic) bond motifs is 5. The molecular weight excluding hydrogens is 570 g/mol. The van der Waals surface area contributed by atoms with Crippen LogP contribution in [0.4, 0.5) is 0 Å². The molecule has 8 aromatic rings. The summed E-state index contributed by atoms with van der Waals surface area (Å²) in [6.45, 7) is 0. The number of para-hydroxylation sites is 3. The number of nitrogens with zero attached hydrogens (tertiary/aromatic N) is 1. The van der Waals surface area contributed by atoms with Crippen molar-refractivity contribution in [2.75, 3.05) is 0 Å². The number of hydrogen-bond donors (Lipinski definition) is 0. The molecule has 0 atom stereocenters. The number of hydrogen-bond acceptors (Lipinski definition) is 2. The van der Waals surface area contributed by atoms with Crippen LogP contribution in [0.1, 0.15) is 0 Å². The van der Waals surface area contributed by atoms with Gasteiger partial charge in [-0.3, -0.25) is 4.79 Å². The molecule has 8 rings (SSSR count). The average molecular weight is 592 g/mol. The molecule has 0 aliphatic rings. The Hall–Kier alpha value is -4.93. The van der Waals surface area contributed by atoms with Gasteiger partial charge in [-0.2, -0.15) is 0 Å². The van der Waals surface area contributed by atoms with Crippen LogP contribution in [-0.4, -0.2) is 4.57 Å². The van der Waals surface area contributed by atoms with Crippen LogP contribution in [0.3, 0.4) is 0 Å². The maximum absolute atomic E-state index is 13.5. The summed E-state index contributed by atoms with van der Waals surface area (Å²) in [7, 11) is 0. The van der Waals surface area contributed by atoms with Gasteiger partial charge in [0.15, 0.2) is 5.58 Å². The zero-order chi connectivity index (χ0) is 27.5. The summed E-state index contributed by atoms with van der Waals surface area (Å²) in [5.74, 6) is 0. The molecular formula is C37H22BrNO2. The van der Waals surface area contributed by atoms with Gasteiger partial charge in [-0.25, -0.2) is 0 Å². The first-order chi connectivity index (χ1) is 20.2. The Labute approximate surface area is 244 Å². The molecule has 0 aliphatic carbocycles. The summed E-state index contributed by atoms with van der Waals surface area (Å²) >= 11 is 3.57. The minimum absolute atomic E-state index is 0.0290. The Morgan fingerprint density at radius 2 is 1.12 bits per heavy atom. The highest BCUT2D eigenvalue weighted by Crippen LogP contribution is 2.39. The SMILES string of the molecule is O=c1c2cccc(Br)c2oc2c(-c3ccc4c(c3)c3cc(-c5ccccc5)ccc3n4-c3ccccc3)cccc12. The average Bonchev–Trinajstić information content (AvgIpc) is 3.35. The molecule has 194 valence electrons. The summed E-state index contributed by atoms with van der Waals surface area (Å²) in [6, 6.07) is 45.5. The van der Waals surface area contributed by atoms with Crippen molar-refractivity contribution < 1.29 is 4.42 Å². The quantitative estimate of drug-likeness (QED) is 0.191. The predicted molar refractivity (Wildman–Crippen MR) is 173 cm³/mol. The van der Waals surface area contributed by atoms with E-state index in [1.807, 2.05) is 48.5 Å². The largest absolute Gasteiger partial charge is 0.454 e. The highest BCUT2D eigenvalue weighted by Gasteiger charge is 2.17. The van der Waals surface area contributed by atoms with E-state index in [4.69, 9.17) is 4.42 Å². The molecule has 0 radical (unpaired) electrons. The van der Waals surface area contributed by atoms with Gasteiger partial charge in [0, 0.05) is 22.0 Å². The van der Waals surface area contributed by atoms with Crippen LogP contribution in [0.5, 0.6) is 0 Å². The van der Waals surface area contributed by atoms with Crippen LogP contribution in [0.15, 0.2) is 147 Å². The first-order valence-electron chi connectivity index (χ1n) is 13.5. The van der Waals surface area contributed by atoms with Crippen molar-refractivity contribution in [1.29, 1.82) is 0 Å². The van der Waals surface area contributed by atoms with E-state index in [2.05, 4.69) is 105 Å². The van der Waals surface area contributed by atoms with Crippen LogP contribution in [0.25, 0.3) is 71.7 Å². The molecule has 0 amide bonds. The Kier molecular flexibility index (Phi) is 5.44. The highest BCUT2D eigenvalue weighted by atomic mass is 79.9. The van der Waals surface area contributed by atoms with Gasteiger partial charge in [-0.05, 0) is 87.2 Å². The first-order valence-corrected chi connectivity index (χ1v) is 14.3. The van der Waals surface area contributed by atoms with Crippen molar-refractivity contribution in [2.24, 2.45) is 0 Å². The lowest BCUT2D eigenvalue weighted by Gasteiger charge is -2.10. The topological polar surface area (TPSA) is 35.1 Å². The van der Waals surface area contributed by atoms with Gasteiger partial charge in [-0.1, -0.05) is 78.9 Å². The number of aromatic nitrogens is 1. The predicted octanol–water partition coefficient (Wildman–Crippen LogP) is 10.1. The summed E-state index contributed by atoms with van der Waals surface area (Å²) in [5.41, 5.74) is 8.73. The molecule has 0 fully saturated rings. The number of benzene rings is 6. The molecule has 2 heterocycles. The summed E-state index contributed by atoms with van der Waals surface area (Å²) in [6.07, 6.45) is 0. The van der Waals surface area contributed by atoms with Crippen molar-refractivity contribution in [2.45, 2.75) is 0 Å².